The molecule has 300 valence electrons. The van der Waals surface area contributed by atoms with Crippen molar-refractivity contribution in [1.29, 1.82) is 0 Å². The average molecular weight is 799 g/mol. The summed E-state index contributed by atoms with van der Waals surface area (Å²) >= 11 is 0. The summed E-state index contributed by atoms with van der Waals surface area (Å²) in [5.74, 6) is 0. The molecule has 0 aliphatic heterocycles. The number of hydrogen-bond acceptors (Lipinski definition) is 2. The van der Waals surface area contributed by atoms with Crippen molar-refractivity contribution in [3.8, 4) is 22.3 Å². The van der Waals surface area contributed by atoms with E-state index < -0.39 is 0 Å². The first-order chi connectivity index (χ1) is 30.7. The largest absolute Gasteiger partial charge is 0.334 e. The van der Waals surface area contributed by atoms with Crippen molar-refractivity contribution in [3.05, 3.63) is 259 Å². The Morgan fingerprint density at radius 2 is 0.855 bits per heavy atom. The smallest absolute Gasteiger partial charge is 0.0560 e. The maximum absolute atomic E-state index is 2.48. The summed E-state index contributed by atoms with van der Waals surface area (Å²) in [7, 11) is 0. The van der Waals surface area contributed by atoms with Gasteiger partial charge in [-0.1, -0.05) is 182 Å². The molecule has 7 aromatic carbocycles. The van der Waals surface area contributed by atoms with Gasteiger partial charge in [0.25, 0.3) is 0 Å². The van der Waals surface area contributed by atoms with Crippen molar-refractivity contribution < 1.29 is 0 Å². The lowest BCUT2D eigenvalue weighted by Crippen LogP contribution is -2.30. The summed E-state index contributed by atoms with van der Waals surface area (Å²) in [5, 5.41) is 0. The molecule has 7 aromatic rings. The summed E-state index contributed by atoms with van der Waals surface area (Å²) < 4.78 is 0. The fourth-order valence-electron chi connectivity index (χ4n) is 9.09. The Hall–Kier alpha value is -7.42. The number of benzene rings is 7. The monoisotopic (exact) mass is 798 g/mol. The quantitative estimate of drug-likeness (QED) is 0.129. The molecule has 0 amide bonds. The van der Waals surface area contributed by atoms with Crippen LogP contribution >= 0.6 is 0 Å². The van der Waals surface area contributed by atoms with Crippen LogP contribution in [-0.2, 0) is 0 Å². The van der Waals surface area contributed by atoms with Crippen LogP contribution in [0.15, 0.2) is 242 Å². The highest BCUT2D eigenvalue weighted by Crippen LogP contribution is 2.39. The third kappa shape index (κ3) is 8.46. The molecule has 3 aliphatic rings. The first-order valence-electron chi connectivity index (χ1n) is 22.0. The normalized spacial score (nSPS) is 15.8. The van der Waals surface area contributed by atoms with Gasteiger partial charge >= 0.3 is 0 Å². The van der Waals surface area contributed by atoms with E-state index in [4.69, 9.17) is 0 Å². The molecule has 10 rings (SSSR count). The fraction of sp³-hybridized carbons (Fsp3) is 0.100. The summed E-state index contributed by atoms with van der Waals surface area (Å²) in [6, 6.07) is 68.6. The van der Waals surface area contributed by atoms with Gasteiger partial charge in [-0.15, -0.1) is 0 Å². The van der Waals surface area contributed by atoms with Crippen LogP contribution in [0, 0.1) is 0 Å². The molecule has 0 radical (unpaired) electrons. The minimum Gasteiger partial charge on any atom is -0.334 e. The Bertz CT molecular complexity index is 2720. The fourth-order valence-corrected chi connectivity index (χ4v) is 9.09. The zero-order chi connectivity index (χ0) is 41.5. The third-order valence-corrected chi connectivity index (χ3v) is 12.4. The number of rotatable bonds is 11. The molecule has 2 heteroatoms. The van der Waals surface area contributed by atoms with Gasteiger partial charge in [-0.25, -0.2) is 0 Å². The van der Waals surface area contributed by atoms with E-state index in [0.29, 0.717) is 0 Å². The van der Waals surface area contributed by atoms with E-state index in [2.05, 4.69) is 246 Å². The zero-order valence-electron chi connectivity index (χ0n) is 35.0. The predicted octanol–water partition coefficient (Wildman–Crippen LogP) is 16.2. The van der Waals surface area contributed by atoms with E-state index in [1.54, 1.807) is 0 Å². The second-order valence-electron chi connectivity index (χ2n) is 16.3. The number of nitrogens with zero attached hydrogens (tertiary/aromatic N) is 2. The summed E-state index contributed by atoms with van der Waals surface area (Å²) in [6.07, 6.45) is 23.5. The summed E-state index contributed by atoms with van der Waals surface area (Å²) in [5.41, 5.74) is 18.8. The number of hydrogen-bond donors (Lipinski definition) is 0. The Morgan fingerprint density at radius 1 is 0.387 bits per heavy atom. The summed E-state index contributed by atoms with van der Waals surface area (Å²) in [4.78, 5) is 4.93. The van der Waals surface area contributed by atoms with E-state index in [9.17, 15) is 0 Å². The van der Waals surface area contributed by atoms with Crippen LogP contribution in [0.5, 0.6) is 0 Å². The molecular formula is C60H50N2. The van der Waals surface area contributed by atoms with E-state index in [-0.39, 0.29) is 6.04 Å². The standard InChI is InChI=1S/C60H50N2/c1-5-13-45(14-6-1)49-21-33-55(34-22-49)61(56-35-23-50(24-36-56)46-15-7-2-8-16-46)59-41-29-53(30-42-59)54-31-43-60(44-32-54)62(57-37-25-51(26-38-57)47-17-9-3-10-18-47)58-39-27-52(28-40-58)48-19-11-4-12-20-48/h1-11,13-19,21-25,27-37,39-41,43-44,59H,12,20,26,38,42H2. The molecule has 0 saturated heterocycles. The molecule has 2 nitrogen and oxygen atoms in total. The van der Waals surface area contributed by atoms with Crippen molar-refractivity contribution in [2.45, 2.75) is 38.1 Å². The lowest BCUT2D eigenvalue weighted by atomic mass is 9.94. The van der Waals surface area contributed by atoms with E-state index in [1.807, 2.05) is 0 Å². The Balaban J connectivity index is 0.923. The highest BCUT2D eigenvalue weighted by Gasteiger charge is 2.22. The minimum absolute atomic E-state index is 0.161. The van der Waals surface area contributed by atoms with Crippen molar-refractivity contribution in [2.75, 3.05) is 9.80 Å². The third-order valence-electron chi connectivity index (χ3n) is 12.4. The van der Waals surface area contributed by atoms with E-state index in [0.717, 1.165) is 32.1 Å². The van der Waals surface area contributed by atoms with Crippen LogP contribution < -0.4 is 9.80 Å². The van der Waals surface area contributed by atoms with Crippen molar-refractivity contribution in [2.24, 2.45) is 0 Å². The topological polar surface area (TPSA) is 6.48 Å². The SMILES string of the molecule is C1=CCCC(c2ccc(N(C3=CC=C(c4ccccc4)CC3)c3ccc(C4=CCC(N(c5ccc(-c6ccccc6)cc5)c5ccc(-c6ccccc6)cc5)C=C4)cc3)cc2)=C1. The Labute approximate surface area is 367 Å². The van der Waals surface area contributed by atoms with Gasteiger partial charge in [0.05, 0.1) is 6.04 Å². The number of allylic oxidation sites excluding steroid dienone is 10. The van der Waals surface area contributed by atoms with Crippen LogP contribution in [-0.4, -0.2) is 6.04 Å². The average Bonchev–Trinajstić information content (AvgIpc) is 3.36. The van der Waals surface area contributed by atoms with Gasteiger partial charge < -0.3 is 9.80 Å². The molecule has 1 unspecified atom stereocenters. The zero-order valence-corrected chi connectivity index (χ0v) is 35.0. The maximum Gasteiger partial charge on any atom is 0.0560 e. The lowest BCUT2D eigenvalue weighted by Gasteiger charge is -2.33. The molecule has 0 saturated carbocycles. The Morgan fingerprint density at radius 3 is 1.34 bits per heavy atom. The molecule has 0 aromatic heterocycles. The second kappa shape index (κ2) is 18.1. The van der Waals surface area contributed by atoms with Gasteiger partial charge in [-0.2, -0.15) is 0 Å². The molecule has 0 heterocycles. The van der Waals surface area contributed by atoms with E-state index >= 15 is 0 Å². The van der Waals surface area contributed by atoms with Gasteiger partial charge in [-0.05, 0) is 142 Å². The highest BCUT2D eigenvalue weighted by atomic mass is 15.2. The molecule has 3 aliphatic carbocycles. The van der Waals surface area contributed by atoms with Gasteiger partial charge in [-0.3, -0.25) is 0 Å². The lowest BCUT2D eigenvalue weighted by molar-refractivity contribution is 0.787. The van der Waals surface area contributed by atoms with Gasteiger partial charge in [0.1, 0.15) is 0 Å². The van der Waals surface area contributed by atoms with Gasteiger partial charge in [0, 0.05) is 28.4 Å². The molecule has 0 N–H and O–H groups in total. The van der Waals surface area contributed by atoms with Crippen LogP contribution in [0.3, 0.4) is 0 Å². The molecule has 0 fully saturated rings. The van der Waals surface area contributed by atoms with Crippen molar-refractivity contribution in [1.82, 2.24) is 0 Å². The minimum atomic E-state index is 0.161. The van der Waals surface area contributed by atoms with Crippen LogP contribution in [0.4, 0.5) is 22.7 Å². The second-order valence-corrected chi connectivity index (χ2v) is 16.3. The predicted molar refractivity (Wildman–Crippen MR) is 265 cm³/mol. The molecular weight excluding hydrogens is 749 g/mol. The maximum atomic E-state index is 2.48. The molecule has 0 spiro atoms. The highest BCUT2D eigenvalue weighted by molar-refractivity contribution is 5.81. The first-order valence-corrected chi connectivity index (χ1v) is 22.0. The van der Waals surface area contributed by atoms with Crippen molar-refractivity contribution in [3.63, 3.8) is 0 Å². The summed E-state index contributed by atoms with van der Waals surface area (Å²) in [6.45, 7) is 0. The van der Waals surface area contributed by atoms with E-state index in [1.165, 1.54) is 84.1 Å². The molecule has 62 heavy (non-hydrogen) atoms. The van der Waals surface area contributed by atoms with Gasteiger partial charge in [0.15, 0.2) is 0 Å². The Kier molecular flexibility index (Phi) is 11.3. The van der Waals surface area contributed by atoms with Crippen LogP contribution in [0.1, 0.15) is 48.8 Å². The van der Waals surface area contributed by atoms with Crippen LogP contribution in [0.25, 0.3) is 39.0 Å². The first kappa shape index (κ1) is 38.8. The number of anilines is 4. The van der Waals surface area contributed by atoms with Crippen molar-refractivity contribution >= 4 is 39.5 Å². The van der Waals surface area contributed by atoms with Crippen LogP contribution in [0.2, 0.25) is 0 Å². The molecule has 1 atom stereocenters. The van der Waals surface area contributed by atoms with Gasteiger partial charge in [0.2, 0.25) is 0 Å². The molecule has 0 bridgehead atoms.